The first-order chi connectivity index (χ1) is 10.2. The van der Waals surface area contributed by atoms with Crippen LogP contribution in [0, 0.1) is 6.92 Å². The van der Waals surface area contributed by atoms with Gasteiger partial charge in [0.15, 0.2) is 5.96 Å². The largest absolute Gasteiger partial charge is 0.357 e. The van der Waals surface area contributed by atoms with Gasteiger partial charge in [0.25, 0.3) is 0 Å². The van der Waals surface area contributed by atoms with E-state index < -0.39 is 0 Å². The van der Waals surface area contributed by atoms with Crippen molar-refractivity contribution in [3.63, 3.8) is 0 Å². The van der Waals surface area contributed by atoms with Crippen LogP contribution in [0.1, 0.15) is 43.7 Å². The van der Waals surface area contributed by atoms with Crippen LogP contribution in [-0.4, -0.2) is 25.1 Å². The zero-order chi connectivity index (χ0) is 15.1. The van der Waals surface area contributed by atoms with Crippen molar-refractivity contribution in [1.82, 2.24) is 10.6 Å². The van der Waals surface area contributed by atoms with E-state index in [0.29, 0.717) is 12.0 Å². The Morgan fingerprint density at radius 2 is 2.10 bits per heavy atom. The van der Waals surface area contributed by atoms with Crippen molar-refractivity contribution in [3.05, 3.63) is 47.5 Å². The van der Waals surface area contributed by atoms with Crippen LogP contribution in [0.15, 0.2) is 41.4 Å². The van der Waals surface area contributed by atoms with Gasteiger partial charge in [-0.05, 0) is 32.3 Å². The van der Waals surface area contributed by atoms with Gasteiger partial charge in [0, 0.05) is 25.0 Å². The summed E-state index contributed by atoms with van der Waals surface area (Å²) in [5, 5.41) is 6.85. The summed E-state index contributed by atoms with van der Waals surface area (Å²) >= 11 is 0. The quantitative estimate of drug-likeness (QED) is 0.494. The average Bonchev–Trinajstić information content (AvgIpc) is 2.97. The highest BCUT2D eigenvalue weighted by molar-refractivity contribution is 5.80. The molecule has 2 N–H and O–H groups in total. The summed E-state index contributed by atoms with van der Waals surface area (Å²) in [6, 6.07) is 9.20. The van der Waals surface area contributed by atoms with Gasteiger partial charge in [0.05, 0.1) is 0 Å². The van der Waals surface area contributed by atoms with Crippen LogP contribution < -0.4 is 10.6 Å². The topological polar surface area (TPSA) is 36.4 Å². The summed E-state index contributed by atoms with van der Waals surface area (Å²) in [6.45, 7) is 8.18. The molecule has 0 saturated carbocycles. The number of hydrogen-bond donors (Lipinski definition) is 2. The normalized spacial score (nSPS) is 17.0. The number of nitrogens with one attached hydrogen (secondary N) is 2. The van der Waals surface area contributed by atoms with Gasteiger partial charge in [-0.3, -0.25) is 4.99 Å². The average molecular weight is 285 g/mol. The molecule has 1 unspecified atom stereocenters. The summed E-state index contributed by atoms with van der Waals surface area (Å²) in [6.07, 6.45) is 6.66. The molecule has 0 heterocycles. The number of aliphatic imine (C=N–C) groups is 1. The first-order valence-electron chi connectivity index (χ1n) is 7.95. The maximum Gasteiger partial charge on any atom is 0.191 e. The first kappa shape index (κ1) is 15.6. The Hall–Kier alpha value is -1.77. The van der Waals surface area contributed by atoms with Crippen LogP contribution in [-0.2, 0) is 0 Å². The van der Waals surface area contributed by atoms with Crippen molar-refractivity contribution >= 4 is 5.96 Å². The minimum atomic E-state index is 0.432. The van der Waals surface area contributed by atoms with Gasteiger partial charge >= 0.3 is 0 Å². The lowest BCUT2D eigenvalue weighted by Gasteiger charge is -2.18. The molecule has 0 aromatic heterocycles. The highest BCUT2D eigenvalue weighted by atomic mass is 15.2. The third-order valence-electron chi connectivity index (χ3n) is 3.83. The van der Waals surface area contributed by atoms with Gasteiger partial charge in [0.1, 0.15) is 0 Å². The Morgan fingerprint density at radius 3 is 2.76 bits per heavy atom. The molecule has 1 aromatic rings. The van der Waals surface area contributed by atoms with E-state index in [4.69, 9.17) is 4.99 Å². The van der Waals surface area contributed by atoms with E-state index in [2.05, 4.69) is 67.8 Å². The highest BCUT2D eigenvalue weighted by Gasteiger charge is 2.12. The van der Waals surface area contributed by atoms with E-state index in [1.807, 2.05) is 0 Å². The predicted molar refractivity (Wildman–Crippen MR) is 90.9 cm³/mol. The lowest BCUT2D eigenvalue weighted by atomic mass is 10.00. The number of guanidine groups is 1. The molecule has 0 saturated heterocycles. The molecule has 1 atom stereocenters. The Labute approximate surface area is 128 Å². The van der Waals surface area contributed by atoms with Gasteiger partial charge in [-0.1, -0.05) is 48.9 Å². The molecule has 0 bridgehead atoms. The van der Waals surface area contributed by atoms with Crippen LogP contribution in [0.5, 0.6) is 0 Å². The highest BCUT2D eigenvalue weighted by Crippen LogP contribution is 2.16. The van der Waals surface area contributed by atoms with Crippen LogP contribution in [0.2, 0.25) is 0 Å². The number of hydrogen-bond acceptors (Lipinski definition) is 1. The van der Waals surface area contributed by atoms with Crippen LogP contribution in [0.25, 0.3) is 0 Å². The maximum absolute atomic E-state index is 4.75. The second-order valence-corrected chi connectivity index (χ2v) is 5.82. The molecule has 2 rings (SSSR count). The lowest BCUT2D eigenvalue weighted by Crippen LogP contribution is -2.42. The zero-order valence-electron chi connectivity index (χ0n) is 13.4. The van der Waals surface area contributed by atoms with Crippen LogP contribution in [0.3, 0.4) is 0 Å². The molecule has 1 aliphatic rings. The van der Waals surface area contributed by atoms with Gasteiger partial charge in [-0.2, -0.15) is 0 Å². The van der Waals surface area contributed by atoms with Gasteiger partial charge in [-0.25, -0.2) is 0 Å². The van der Waals surface area contributed by atoms with Crippen LogP contribution in [0.4, 0.5) is 0 Å². The molecule has 0 fully saturated rings. The van der Waals surface area contributed by atoms with Crippen molar-refractivity contribution in [2.45, 2.75) is 45.6 Å². The molecule has 0 spiro atoms. The Bertz CT molecular complexity index is 497. The van der Waals surface area contributed by atoms with Gasteiger partial charge in [0.2, 0.25) is 0 Å². The van der Waals surface area contributed by atoms with Crippen molar-refractivity contribution in [1.29, 1.82) is 0 Å². The summed E-state index contributed by atoms with van der Waals surface area (Å²) in [5.41, 5.74) is 2.67. The van der Waals surface area contributed by atoms with Crippen LogP contribution >= 0.6 is 0 Å². The summed E-state index contributed by atoms with van der Waals surface area (Å²) in [4.78, 5) is 4.75. The summed E-state index contributed by atoms with van der Waals surface area (Å²) < 4.78 is 0. The molecule has 0 amide bonds. The molecule has 1 aliphatic carbocycles. The smallest absolute Gasteiger partial charge is 0.191 e. The predicted octanol–water partition coefficient (Wildman–Crippen LogP) is 3.37. The van der Waals surface area contributed by atoms with E-state index in [0.717, 1.165) is 31.9 Å². The fourth-order valence-electron chi connectivity index (χ4n) is 2.56. The van der Waals surface area contributed by atoms with E-state index in [1.54, 1.807) is 0 Å². The number of nitrogens with zero attached hydrogens (tertiary/aromatic N) is 1. The number of aryl methyl sites for hydroxylation is 1. The Balaban J connectivity index is 1.94. The fraction of sp³-hybridized carbons (Fsp3) is 0.500. The molecular weight excluding hydrogens is 258 g/mol. The second kappa shape index (κ2) is 7.87. The number of benzene rings is 1. The third kappa shape index (κ3) is 4.92. The molecule has 21 heavy (non-hydrogen) atoms. The molecule has 1 aromatic carbocycles. The summed E-state index contributed by atoms with van der Waals surface area (Å²) in [5.74, 6) is 1.37. The fourth-order valence-corrected chi connectivity index (χ4v) is 2.56. The molecule has 3 heteroatoms. The SMILES string of the molecule is CCNC(=NCC(C)c1cccc(C)c1)NC1CC=CC1. The Morgan fingerprint density at radius 1 is 1.33 bits per heavy atom. The van der Waals surface area contributed by atoms with Gasteiger partial charge < -0.3 is 10.6 Å². The van der Waals surface area contributed by atoms with E-state index in [-0.39, 0.29) is 0 Å². The second-order valence-electron chi connectivity index (χ2n) is 5.82. The van der Waals surface area contributed by atoms with Gasteiger partial charge in [-0.15, -0.1) is 0 Å². The zero-order valence-corrected chi connectivity index (χ0v) is 13.4. The lowest BCUT2D eigenvalue weighted by molar-refractivity contribution is 0.630. The monoisotopic (exact) mass is 285 g/mol. The van der Waals surface area contributed by atoms with E-state index in [9.17, 15) is 0 Å². The minimum absolute atomic E-state index is 0.432. The molecule has 3 nitrogen and oxygen atoms in total. The third-order valence-corrected chi connectivity index (χ3v) is 3.83. The molecular formula is C18H27N3. The van der Waals surface area contributed by atoms with Crippen molar-refractivity contribution in [3.8, 4) is 0 Å². The van der Waals surface area contributed by atoms with E-state index in [1.165, 1.54) is 11.1 Å². The maximum atomic E-state index is 4.75. The van der Waals surface area contributed by atoms with Crippen molar-refractivity contribution < 1.29 is 0 Å². The standard InChI is InChI=1S/C18H27N3/c1-4-19-18(21-17-10-5-6-11-17)20-13-15(3)16-9-7-8-14(2)12-16/h5-9,12,15,17H,4,10-11,13H2,1-3H3,(H2,19,20,21). The van der Waals surface area contributed by atoms with Crippen molar-refractivity contribution in [2.24, 2.45) is 4.99 Å². The first-order valence-corrected chi connectivity index (χ1v) is 7.95. The number of rotatable bonds is 5. The molecule has 0 aliphatic heterocycles. The van der Waals surface area contributed by atoms with E-state index >= 15 is 0 Å². The molecule has 0 radical (unpaired) electrons. The Kier molecular flexibility index (Phi) is 5.85. The van der Waals surface area contributed by atoms with Crippen molar-refractivity contribution in [2.75, 3.05) is 13.1 Å². The summed E-state index contributed by atoms with van der Waals surface area (Å²) in [7, 11) is 0. The molecule has 114 valence electrons. The minimum Gasteiger partial charge on any atom is -0.357 e.